The molecule has 1 aromatic carbocycles. The van der Waals surface area contributed by atoms with E-state index in [1.807, 2.05) is 32.9 Å². The van der Waals surface area contributed by atoms with Gasteiger partial charge in [0.15, 0.2) is 0 Å². The van der Waals surface area contributed by atoms with Crippen LogP contribution in [0.1, 0.15) is 43.1 Å². The van der Waals surface area contributed by atoms with Crippen molar-refractivity contribution in [1.29, 1.82) is 0 Å². The Morgan fingerprint density at radius 2 is 1.89 bits per heavy atom. The molecule has 0 heterocycles. The predicted octanol–water partition coefficient (Wildman–Crippen LogP) is 2.48. The van der Waals surface area contributed by atoms with Crippen molar-refractivity contribution in [2.24, 2.45) is 5.92 Å². The number of carbonyl (C=O) groups excluding carboxylic acids is 1. The molecule has 0 bridgehead atoms. The fourth-order valence-electron chi connectivity index (χ4n) is 1.95. The van der Waals surface area contributed by atoms with Gasteiger partial charge in [-0.15, -0.1) is 0 Å². The van der Waals surface area contributed by atoms with Crippen LogP contribution in [0.25, 0.3) is 0 Å². The molecule has 0 spiro atoms. The Labute approximate surface area is 113 Å². The van der Waals surface area contributed by atoms with E-state index in [0.29, 0.717) is 12.0 Å². The monoisotopic (exact) mass is 263 g/mol. The summed E-state index contributed by atoms with van der Waals surface area (Å²) in [6.07, 6.45) is 1.44. The molecular weight excluding hydrogens is 242 g/mol. The Hall–Kier alpha value is -1.84. The summed E-state index contributed by atoms with van der Waals surface area (Å²) in [7, 11) is 0. The van der Waals surface area contributed by atoms with E-state index < -0.39 is 12.0 Å². The average Bonchev–Trinajstić information content (AvgIpc) is 2.43. The minimum atomic E-state index is -0.989. The van der Waals surface area contributed by atoms with Gasteiger partial charge in [-0.3, -0.25) is 4.79 Å². The summed E-state index contributed by atoms with van der Waals surface area (Å²) in [4.78, 5) is 23.4. The molecular formula is C15H21NO3. The van der Waals surface area contributed by atoms with Crippen LogP contribution >= 0.6 is 0 Å². The number of rotatable bonds is 6. The molecule has 0 fully saturated rings. The van der Waals surface area contributed by atoms with Crippen LogP contribution in [0.5, 0.6) is 0 Å². The largest absolute Gasteiger partial charge is 0.480 e. The van der Waals surface area contributed by atoms with Crippen molar-refractivity contribution in [3.8, 4) is 0 Å². The minimum Gasteiger partial charge on any atom is -0.480 e. The Morgan fingerprint density at radius 1 is 1.26 bits per heavy atom. The van der Waals surface area contributed by atoms with Crippen molar-refractivity contribution in [2.75, 3.05) is 0 Å². The first kappa shape index (κ1) is 15.2. The van der Waals surface area contributed by atoms with Crippen LogP contribution in [0.4, 0.5) is 0 Å². The van der Waals surface area contributed by atoms with E-state index in [-0.39, 0.29) is 11.8 Å². The number of amides is 1. The lowest BCUT2D eigenvalue weighted by molar-refractivity contribution is -0.140. The van der Waals surface area contributed by atoms with Crippen molar-refractivity contribution in [3.63, 3.8) is 0 Å². The molecule has 0 aromatic heterocycles. The van der Waals surface area contributed by atoms with E-state index in [0.717, 1.165) is 12.0 Å². The summed E-state index contributed by atoms with van der Waals surface area (Å²) in [5.41, 5.74) is 1.48. The highest BCUT2D eigenvalue weighted by molar-refractivity contribution is 5.97. The summed E-state index contributed by atoms with van der Waals surface area (Å²) in [6.45, 7) is 5.70. The lowest BCUT2D eigenvalue weighted by Gasteiger charge is -2.20. The molecule has 4 nitrogen and oxygen atoms in total. The number of carbonyl (C=O) groups is 2. The molecule has 2 atom stereocenters. The second-order valence-electron chi connectivity index (χ2n) is 4.69. The lowest BCUT2D eigenvalue weighted by Crippen LogP contribution is -2.45. The van der Waals surface area contributed by atoms with Crippen LogP contribution in [0.3, 0.4) is 0 Å². The maximum atomic E-state index is 12.2. The average molecular weight is 263 g/mol. The zero-order valence-corrected chi connectivity index (χ0v) is 11.6. The predicted molar refractivity (Wildman–Crippen MR) is 74.2 cm³/mol. The van der Waals surface area contributed by atoms with Gasteiger partial charge in [-0.2, -0.15) is 0 Å². The normalized spacial score (nSPS) is 13.6. The molecule has 1 rings (SSSR count). The highest BCUT2D eigenvalue weighted by Gasteiger charge is 2.26. The first-order chi connectivity index (χ1) is 9.01. The molecule has 2 N–H and O–H groups in total. The van der Waals surface area contributed by atoms with Gasteiger partial charge in [0.05, 0.1) is 0 Å². The second kappa shape index (κ2) is 6.92. The molecule has 0 aliphatic heterocycles. The van der Waals surface area contributed by atoms with Crippen molar-refractivity contribution in [1.82, 2.24) is 5.32 Å². The molecule has 19 heavy (non-hydrogen) atoms. The van der Waals surface area contributed by atoms with Crippen molar-refractivity contribution in [3.05, 3.63) is 35.4 Å². The van der Waals surface area contributed by atoms with Crippen LogP contribution in [-0.4, -0.2) is 23.0 Å². The van der Waals surface area contributed by atoms with E-state index in [9.17, 15) is 14.7 Å². The maximum absolute atomic E-state index is 12.2. The number of carboxylic acids is 1. The quantitative estimate of drug-likeness (QED) is 0.828. The van der Waals surface area contributed by atoms with Crippen LogP contribution in [0, 0.1) is 5.92 Å². The van der Waals surface area contributed by atoms with Gasteiger partial charge < -0.3 is 10.4 Å². The van der Waals surface area contributed by atoms with Gasteiger partial charge in [0.2, 0.25) is 0 Å². The van der Waals surface area contributed by atoms with Gasteiger partial charge in [-0.05, 0) is 24.0 Å². The maximum Gasteiger partial charge on any atom is 0.326 e. The molecule has 0 radical (unpaired) electrons. The first-order valence-corrected chi connectivity index (χ1v) is 6.62. The Morgan fingerprint density at radius 3 is 2.42 bits per heavy atom. The Bertz CT molecular complexity index is 456. The number of benzene rings is 1. The first-order valence-electron chi connectivity index (χ1n) is 6.62. The molecule has 0 saturated heterocycles. The number of hydrogen-bond acceptors (Lipinski definition) is 2. The number of aliphatic carboxylic acids is 1. The number of carboxylic acid groups (broad SMARTS) is 1. The van der Waals surface area contributed by atoms with Gasteiger partial charge in [0.25, 0.3) is 5.91 Å². The summed E-state index contributed by atoms with van der Waals surface area (Å²) >= 11 is 0. The molecule has 1 amide bonds. The Balaban J connectivity index is 2.91. The van der Waals surface area contributed by atoms with E-state index in [1.165, 1.54) is 0 Å². The van der Waals surface area contributed by atoms with Gasteiger partial charge in [-0.25, -0.2) is 4.79 Å². The molecule has 104 valence electrons. The number of aryl methyl sites for hydroxylation is 1. The van der Waals surface area contributed by atoms with Gasteiger partial charge >= 0.3 is 5.97 Å². The van der Waals surface area contributed by atoms with Crippen LogP contribution in [0.15, 0.2) is 24.3 Å². The zero-order valence-electron chi connectivity index (χ0n) is 11.6. The van der Waals surface area contributed by atoms with Crippen LogP contribution in [0.2, 0.25) is 0 Å². The summed E-state index contributed by atoms with van der Waals surface area (Å²) in [5.74, 6) is -1.41. The molecule has 0 saturated carbocycles. The second-order valence-corrected chi connectivity index (χ2v) is 4.69. The Kier molecular flexibility index (Phi) is 5.55. The van der Waals surface area contributed by atoms with Crippen LogP contribution in [-0.2, 0) is 11.2 Å². The minimum absolute atomic E-state index is 0.102. The third kappa shape index (κ3) is 3.81. The zero-order chi connectivity index (χ0) is 14.4. The molecule has 1 unspecified atom stereocenters. The molecule has 0 aliphatic rings. The fraction of sp³-hybridized carbons (Fsp3) is 0.467. The summed E-state index contributed by atoms with van der Waals surface area (Å²) in [6, 6.07) is 6.42. The fourth-order valence-corrected chi connectivity index (χ4v) is 1.95. The van der Waals surface area contributed by atoms with Crippen LogP contribution < -0.4 is 5.32 Å². The third-order valence-electron chi connectivity index (χ3n) is 3.41. The number of nitrogens with one attached hydrogen (secondary N) is 1. The molecule has 4 heteroatoms. The van der Waals surface area contributed by atoms with Gasteiger partial charge in [0.1, 0.15) is 6.04 Å². The summed E-state index contributed by atoms with van der Waals surface area (Å²) < 4.78 is 0. The number of hydrogen-bond donors (Lipinski definition) is 2. The SMILES string of the molecule is CCc1ccccc1C(=O)N[C@H](C(=O)O)C(C)CC. The van der Waals surface area contributed by atoms with E-state index in [1.54, 1.807) is 12.1 Å². The highest BCUT2D eigenvalue weighted by atomic mass is 16.4. The topological polar surface area (TPSA) is 66.4 Å². The van der Waals surface area contributed by atoms with Crippen molar-refractivity contribution < 1.29 is 14.7 Å². The van der Waals surface area contributed by atoms with Gasteiger partial charge in [-0.1, -0.05) is 45.4 Å². The van der Waals surface area contributed by atoms with Crippen molar-refractivity contribution >= 4 is 11.9 Å². The standard InChI is InChI=1S/C15H21NO3/c1-4-10(3)13(15(18)19)16-14(17)12-9-7-6-8-11(12)5-2/h6-10,13H,4-5H2,1-3H3,(H,16,17)(H,18,19)/t10?,13-/m0/s1. The van der Waals surface area contributed by atoms with Crippen molar-refractivity contribution in [2.45, 2.75) is 39.7 Å². The smallest absolute Gasteiger partial charge is 0.326 e. The molecule has 0 aliphatic carbocycles. The third-order valence-corrected chi connectivity index (χ3v) is 3.41. The van der Waals surface area contributed by atoms with Gasteiger partial charge in [0, 0.05) is 5.56 Å². The van der Waals surface area contributed by atoms with E-state index in [4.69, 9.17) is 0 Å². The molecule has 1 aromatic rings. The summed E-state index contributed by atoms with van der Waals surface area (Å²) in [5, 5.41) is 11.8. The van der Waals surface area contributed by atoms with E-state index >= 15 is 0 Å². The lowest BCUT2D eigenvalue weighted by atomic mass is 9.98. The van der Waals surface area contributed by atoms with E-state index in [2.05, 4.69) is 5.32 Å². The highest BCUT2D eigenvalue weighted by Crippen LogP contribution is 2.12.